The minimum Gasteiger partial charge on any atom is -0.378 e. The summed E-state index contributed by atoms with van der Waals surface area (Å²) in [5, 5.41) is 0. The van der Waals surface area contributed by atoms with Gasteiger partial charge in [-0.1, -0.05) is 50.1 Å². The first-order valence-corrected chi connectivity index (χ1v) is 10.1. The summed E-state index contributed by atoms with van der Waals surface area (Å²) < 4.78 is 7.02. The molecule has 0 radical (unpaired) electrons. The lowest BCUT2D eigenvalue weighted by Crippen LogP contribution is -2.44. The van der Waals surface area contributed by atoms with Crippen LogP contribution in [0.25, 0.3) is 0 Å². The Labute approximate surface area is 174 Å². The van der Waals surface area contributed by atoms with Gasteiger partial charge in [-0.05, 0) is 35.9 Å². The number of carbonyl (C=O) groups excluding carboxylic acids is 2. The fourth-order valence-electron chi connectivity index (χ4n) is 2.76. The predicted molar refractivity (Wildman–Crippen MR) is 111 cm³/mol. The minimum atomic E-state index is -0.428. The molecule has 140 valence electrons. The van der Waals surface area contributed by atoms with Gasteiger partial charge in [0.25, 0.3) is 11.8 Å². The molecule has 1 aliphatic rings. The van der Waals surface area contributed by atoms with E-state index >= 15 is 0 Å². The summed E-state index contributed by atoms with van der Waals surface area (Å²) in [5.74, 6) is -0.649. The summed E-state index contributed by atoms with van der Waals surface area (Å²) in [7, 11) is 0. The largest absolute Gasteiger partial charge is 0.378 e. The van der Waals surface area contributed by atoms with Crippen molar-refractivity contribution in [2.24, 2.45) is 4.99 Å². The van der Waals surface area contributed by atoms with Gasteiger partial charge in [-0.3, -0.25) is 9.59 Å². The predicted octanol–water partition coefficient (Wildman–Crippen LogP) is 3.89. The maximum Gasteiger partial charge on any atom is 0.277 e. The molecule has 0 spiro atoms. The number of benzene rings is 2. The Hall–Kier alpha value is -1.83. The van der Waals surface area contributed by atoms with Crippen molar-refractivity contribution in [1.29, 1.82) is 0 Å². The van der Waals surface area contributed by atoms with Crippen molar-refractivity contribution < 1.29 is 14.3 Å². The number of halogens is 2. The molecule has 0 N–H and O–H groups in total. The lowest BCUT2D eigenvalue weighted by molar-refractivity contribution is -0.128. The van der Waals surface area contributed by atoms with Crippen LogP contribution in [0.15, 0.2) is 62.5 Å². The van der Waals surface area contributed by atoms with Crippen LogP contribution in [0.5, 0.6) is 0 Å². The van der Waals surface area contributed by atoms with Gasteiger partial charge in [-0.25, -0.2) is 4.99 Å². The van der Waals surface area contributed by atoms with Crippen LogP contribution in [0.3, 0.4) is 0 Å². The average molecular weight is 494 g/mol. The van der Waals surface area contributed by atoms with Crippen molar-refractivity contribution in [1.82, 2.24) is 4.90 Å². The Kier molecular flexibility index (Phi) is 6.93. The topological polar surface area (TPSA) is 59.0 Å². The van der Waals surface area contributed by atoms with Crippen LogP contribution >= 0.6 is 31.9 Å². The number of ether oxygens (including phenoxy) is 1. The van der Waals surface area contributed by atoms with Gasteiger partial charge in [0.05, 0.1) is 13.2 Å². The number of aliphatic imine (C=N–C) groups is 1. The first-order valence-electron chi connectivity index (χ1n) is 8.52. The van der Waals surface area contributed by atoms with Crippen molar-refractivity contribution in [3.8, 4) is 0 Å². The second-order valence-electron chi connectivity index (χ2n) is 6.09. The van der Waals surface area contributed by atoms with Gasteiger partial charge in [0.2, 0.25) is 0 Å². The van der Waals surface area contributed by atoms with Crippen LogP contribution in [-0.2, 0) is 16.0 Å². The molecule has 0 unspecified atom stereocenters. The third-order valence-corrected chi connectivity index (χ3v) is 5.10. The summed E-state index contributed by atoms with van der Waals surface area (Å²) in [4.78, 5) is 31.5. The molecule has 2 amide bonds. The summed E-state index contributed by atoms with van der Waals surface area (Å²) in [6, 6.07) is 14.6. The van der Waals surface area contributed by atoms with E-state index in [1.165, 1.54) is 0 Å². The first-order chi connectivity index (χ1) is 13.0. The number of morpholine rings is 1. The summed E-state index contributed by atoms with van der Waals surface area (Å²) in [6.45, 7) is 1.99. The average Bonchev–Trinajstić information content (AvgIpc) is 2.67. The molecule has 27 heavy (non-hydrogen) atoms. The Balaban J connectivity index is 1.90. The van der Waals surface area contributed by atoms with E-state index in [2.05, 4.69) is 36.9 Å². The molecule has 1 heterocycles. The Morgan fingerprint density at radius 3 is 2.33 bits per heavy atom. The molecule has 0 bridgehead atoms. The molecule has 7 heteroatoms. The number of nitrogens with zero attached hydrogens (tertiary/aromatic N) is 2. The Morgan fingerprint density at radius 2 is 1.67 bits per heavy atom. The molecule has 5 nitrogen and oxygen atoms in total. The highest BCUT2D eigenvalue weighted by Gasteiger charge is 2.23. The zero-order chi connectivity index (χ0) is 19.2. The fraction of sp³-hybridized carbons (Fsp3) is 0.250. The monoisotopic (exact) mass is 492 g/mol. The molecule has 1 fully saturated rings. The van der Waals surface area contributed by atoms with Gasteiger partial charge in [0.1, 0.15) is 5.71 Å². The third-order valence-electron chi connectivity index (χ3n) is 4.11. The zero-order valence-electron chi connectivity index (χ0n) is 14.5. The van der Waals surface area contributed by atoms with Crippen LogP contribution in [0.1, 0.15) is 15.9 Å². The van der Waals surface area contributed by atoms with E-state index in [4.69, 9.17) is 4.74 Å². The highest BCUT2D eigenvalue weighted by atomic mass is 79.9. The second-order valence-corrected chi connectivity index (χ2v) is 7.92. The van der Waals surface area contributed by atoms with Crippen molar-refractivity contribution in [2.75, 3.05) is 26.3 Å². The Bertz CT molecular complexity index is 877. The highest BCUT2D eigenvalue weighted by Crippen LogP contribution is 2.15. The number of rotatable bonds is 4. The van der Waals surface area contributed by atoms with Crippen molar-refractivity contribution in [2.45, 2.75) is 6.42 Å². The van der Waals surface area contributed by atoms with Gasteiger partial charge in [0, 0.05) is 34.0 Å². The van der Waals surface area contributed by atoms with Gasteiger partial charge in [-0.2, -0.15) is 0 Å². The lowest BCUT2D eigenvalue weighted by atomic mass is 10.1. The molecule has 0 atom stereocenters. The van der Waals surface area contributed by atoms with Gasteiger partial charge >= 0.3 is 0 Å². The normalized spacial score (nSPS) is 14.9. The SMILES string of the molecule is O=C(N=C(Cc1cccc(Br)c1)C(=O)N1CCOCC1)c1cccc(Br)c1. The van der Waals surface area contributed by atoms with Crippen molar-refractivity contribution in [3.63, 3.8) is 0 Å². The first kappa shape index (κ1) is 19.9. The second kappa shape index (κ2) is 9.39. The van der Waals surface area contributed by atoms with Crippen LogP contribution in [0, 0.1) is 0 Å². The van der Waals surface area contributed by atoms with Gasteiger partial charge in [0.15, 0.2) is 0 Å². The van der Waals surface area contributed by atoms with E-state index in [-0.39, 0.29) is 18.0 Å². The molecular formula is C20H18Br2N2O3. The minimum absolute atomic E-state index is 0.221. The smallest absolute Gasteiger partial charge is 0.277 e. The molecule has 1 saturated heterocycles. The molecule has 2 aromatic rings. The van der Waals surface area contributed by atoms with E-state index in [9.17, 15) is 9.59 Å². The standard InChI is InChI=1S/C20H18Br2N2O3/c21-16-5-1-3-14(11-16)12-18(20(26)24-7-9-27-10-8-24)23-19(25)15-4-2-6-17(22)13-15/h1-6,11,13H,7-10,12H2. The van der Waals surface area contributed by atoms with Crippen LogP contribution in [0.2, 0.25) is 0 Å². The van der Waals surface area contributed by atoms with Crippen molar-refractivity contribution in [3.05, 3.63) is 68.6 Å². The van der Waals surface area contributed by atoms with E-state index in [1.54, 1.807) is 23.1 Å². The van der Waals surface area contributed by atoms with Gasteiger partial charge in [-0.15, -0.1) is 0 Å². The molecule has 0 aromatic heterocycles. The molecule has 1 aliphatic heterocycles. The zero-order valence-corrected chi connectivity index (χ0v) is 17.7. The summed E-state index contributed by atoms with van der Waals surface area (Å²) in [6.07, 6.45) is 0.287. The quantitative estimate of drug-likeness (QED) is 0.607. The van der Waals surface area contributed by atoms with Crippen LogP contribution < -0.4 is 0 Å². The van der Waals surface area contributed by atoms with E-state index in [1.807, 2.05) is 30.3 Å². The van der Waals surface area contributed by atoms with E-state index in [0.717, 1.165) is 14.5 Å². The fourth-order valence-corrected chi connectivity index (χ4v) is 3.61. The molecule has 0 saturated carbocycles. The highest BCUT2D eigenvalue weighted by molar-refractivity contribution is 9.10. The van der Waals surface area contributed by atoms with Crippen molar-refractivity contribution >= 4 is 49.4 Å². The maximum absolute atomic E-state index is 13.0. The third kappa shape index (κ3) is 5.57. The van der Waals surface area contributed by atoms with E-state index in [0.29, 0.717) is 31.9 Å². The maximum atomic E-state index is 13.0. The number of hydrogen-bond acceptors (Lipinski definition) is 3. The summed E-state index contributed by atoms with van der Waals surface area (Å²) >= 11 is 6.79. The number of hydrogen-bond donors (Lipinski definition) is 0. The Morgan fingerprint density at radius 1 is 1.00 bits per heavy atom. The molecule has 2 aromatic carbocycles. The van der Waals surface area contributed by atoms with E-state index < -0.39 is 5.91 Å². The lowest BCUT2D eigenvalue weighted by Gasteiger charge is -2.27. The summed E-state index contributed by atoms with van der Waals surface area (Å²) in [5.41, 5.74) is 1.58. The number of carbonyl (C=O) groups is 2. The molecule has 0 aliphatic carbocycles. The van der Waals surface area contributed by atoms with Gasteiger partial charge < -0.3 is 9.64 Å². The number of amides is 2. The molecule has 3 rings (SSSR count). The molecular weight excluding hydrogens is 476 g/mol. The van der Waals surface area contributed by atoms with Crippen LogP contribution in [0.4, 0.5) is 0 Å². The van der Waals surface area contributed by atoms with Crippen LogP contribution in [-0.4, -0.2) is 48.7 Å².